The smallest absolute Gasteiger partial charge is 0.329 e. The molecule has 16 heavy (non-hydrogen) atoms. The van der Waals surface area contributed by atoms with Gasteiger partial charge in [-0.25, -0.2) is 4.79 Å². The van der Waals surface area contributed by atoms with Crippen LogP contribution in [0.15, 0.2) is 0 Å². The van der Waals surface area contributed by atoms with Gasteiger partial charge in [-0.3, -0.25) is 4.79 Å². The number of nitrogens with zero attached hydrogens (tertiary/aromatic N) is 1. The molecule has 3 N–H and O–H groups in total. The van der Waals surface area contributed by atoms with Crippen molar-refractivity contribution in [3.05, 3.63) is 0 Å². The number of carboxylic acid groups (broad SMARTS) is 1. The lowest BCUT2D eigenvalue weighted by atomic mass is 9.73. The van der Waals surface area contributed by atoms with Crippen molar-refractivity contribution in [2.75, 3.05) is 6.54 Å². The van der Waals surface area contributed by atoms with Crippen LogP contribution in [0.5, 0.6) is 0 Å². The molecular weight excluding hydrogens is 208 g/mol. The van der Waals surface area contributed by atoms with Crippen LogP contribution in [0.1, 0.15) is 34.1 Å². The second-order valence-corrected chi connectivity index (χ2v) is 5.51. The lowest BCUT2D eigenvalue weighted by molar-refractivity contribution is -0.164. The van der Waals surface area contributed by atoms with Gasteiger partial charge in [0.25, 0.3) is 0 Å². The van der Waals surface area contributed by atoms with Crippen LogP contribution in [0.25, 0.3) is 0 Å². The van der Waals surface area contributed by atoms with E-state index in [1.165, 1.54) is 4.90 Å². The third-order valence-corrected chi connectivity index (χ3v) is 3.66. The Kier molecular flexibility index (Phi) is 3.02. The van der Waals surface area contributed by atoms with Crippen molar-refractivity contribution in [3.63, 3.8) is 0 Å². The van der Waals surface area contributed by atoms with E-state index in [1.807, 2.05) is 20.8 Å². The minimum absolute atomic E-state index is 0.264. The van der Waals surface area contributed by atoms with Crippen molar-refractivity contribution in [2.45, 2.75) is 45.7 Å². The summed E-state index contributed by atoms with van der Waals surface area (Å²) in [6.07, 6.45) is 0.526. The minimum atomic E-state index is -1.21. The molecule has 1 rings (SSSR count). The molecule has 1 heterocycles. The third kappa shape index (κ3) is 1.69. The van der Waals surface area contributed by atoms with Crippen molar-refractivity contribution >= 4 is 11.9 Å². The number of carboxylic acids is 1. The molecule has 0 saturated carbocycles. The summed E-state index contributed by atoms with van der Waals surface area (Å²) in [6.45, 7) is 7.46. The highest BCUT2D eigenvalue weighted by Crippen LogP contribution is 2.38. The molecule has 0 aromatic heterocycles. The zero-order valence-electron chi connectivity index (χ0n) is 10.3. The number of carbonyl (C=O) groups is 2. The molecule has 1 fully saturated rings. The molecule has 0 radical (unpaired) electrons. The maximum Gasteiger partial charge on any atom is 0.329 e. The molecule has 1 aliphatic heterocycles. The lowest BCUT2D eigenvalue weighted by Crippen LogP contribution is -2.61. The van der Waals surface area contributed by atoms with Gasteiger partial charge in [0.05, 0.1) is 6.04 Å². The van der Waals surface area contributed by atoms with Crippen LogP contribution in [0.2, 0.25) is 0 Å². The molecule has 0 bridgehead atoms. The molecule has 0 aliphatic carbocycles. The summed E-state index contributed by atoms with van der Waals surface area (Å²) in [4.78, 5) is 24.7. The van der Waals surface area contributed by atoms with Crippen LogP contribution in [0.3, 0.4) is 0 Å². The number of hydrogen-bond donors (Lipinski definition) is 2. The van der Waals surface area contributed by atoms with Crippen LogP contribution in [-0.4, -0.2) is 40.0 Å². The Balaban J connectivity index is 3.15. The molecule has 2 atom stereocenters. The molecule has 0 spiro atoms. The van der Waals surface area contributed by atoms with Gasteiger partial charge in [0.15, 0.2) is 0 Å². The number of hydrogen-bond acceptors (Lipinski definition) is 3. The van der Waals surface area contributed by atoms with Crippen molar-refractivity contribution in [1.29, 1.82) is 0 Å². The first-order valence-electron chi connectivity index (χ1n) is 5.43. The Hall–Kier alpha value is -1.10. The Morgan fingerprint density at radius 2 is 1.94 bits per heavy atom. The van der Waals surface area contributed by atoms with Gasteiger partial charge >= 0.3 is 5.97 Å². The summed E-state index contributed by atoms with van der Waals surface area (Å²) in [7, 11) is 0. The fraction of sp³-hybridized carbons (Fsp3) is 0.818. The zero-order chi connectivity index (χ0) is 12.7. The van der Waals surface area contributed by atoms with Gasteiger partial charge in [0, 0.05) is 6.54 Å². The number of nitrogens with two attached hydrogens (primary N) is 1. The Labute approximate surface area is 95.6 Å². The average molecular weight is 228 g/mol. The largest absolute Gasteiger partial charge is 0.479 e. The molecule has 5 nitrogen and oxygen atoms in total. The van der Waals surface area contributed by atoms with Crippen LogP contribution in [-0.2, 0) is 9.59 Å². The Morgan fingerprint density at radius 1 is 1.44 bits per heavy atom. The number of aliphatic carboxylic acids is 1. The predicted molar refractivity (Wildman–Crippen MR) is 59.8 cm³/mol. The van der Waals surface area contributed by atoms with E-state index in [-0.39, 0.29) is 5.91 Å². The summed E-state index contributed by atoms with van der Waals surface area (Å²) in [5.41, 5.74) is 3.87. The van der Waals surface area contributed by atoms with E-state index >= 15 is 0 Å². The highest BCUT2D eigenvalue weighted by molar-refractivity contribution is 5.91. The number of carbonyl (C=O) groups excluding carboxylic acids is 1. The number of likely N-dealkylation sites (tertiary alicyclic amines) is 1. The Bertz CT molecular complexity index is 322. The van der Waals surface area contributed by atoms with Crippen LogP contribution in [0.4, 0.5) is 0 Å². The molecule has 0 aromatic rings. The molecular formula is C11H20N2O3. The van der Waals surface area contributed by atoms with Gasteiger partial charge in [0.1, 0.15) is 5.54 Å². The fourth-order valence-electron chi connectivity index (χ4n) is 1.99. The lowest BCUT2D eigenvalue weighted by Gasteiger charge is -2.44. The summed E-state index contributed by atoms with van der Waals surface area (Å²) in [5, 5.41) is 9.40. The van der Waals surface area contributed by atoms with E-state index in [0.717, 1.165) is 0 Å². The molecule has 0 aromatic carbocycles. The first kappa shape index (κ1) is 13.0. The quantitative estimate of drug-likeness (QED) is 0.718. The van der Waals surface area contributed by atoms with E-state index in [0.29, 0.717) is 13.0 Å². The predicted octanol–water partition coefficient (Wildman–Crippen LogP) is 0.435. The monoisotopic (exact) mass is 228 g/mol. The highest BCUT2D eigenvalue weighted by Gasteiger charge is 2.53. The van der Waals surface area contributed by atoms with Gasteiger partial charge in [0.2, 0.25) is 5.91 Å². The van der Waals surface area contributed by atoms with Crippen molar-refractivity contribution in [1.82, 2.24) is 4.90 Å². The van der Waals surface area contributed by atoms with Crippen molar-refractivity contribution in [2.24, 2.45) is 11.1 Å². The molecule has 1 aliphatic rings. The van der Waals surface area contributed by atoms with E-state index in [2.05, 4.69) is 0 Å². The summed E-state index contributed by atoms with van der Waals surface area (Å²) >= 11 is 0. The van der Waals surface area contributed by atoms with Crippen LogP contribution < -0.4 is 5.73 Å². The standard InChI is InChI=1S/C11H20N2O3/c1-10(2,3)11(4,9(15)16)13-6-5-7(12)8(13)14/h7H,5-6,12H2,1-4H3,(H,15,16)/t7-,11-/m0/s1. The minimum Gasteiger partial charge on any atom is -0.479 e. The molecule has 1 saturated heterocycles. The zero-order valence-corrected chi connectivity index (χ0v) is 10.3. The van der Waals surface area contributed by atoms with E-state index < -0.39 is 23.0 Å². The second kappa shape index (κ2) is 3.73. The third-order valence-electron chi connectivity index (χ3n) is 3.66. The van der Waals surface area contributed by atoms with Crippen LogP contribution >= 0.6 is 0 Å². The van der Waals surface area contributed by atoms with E-state index in [4.69, 9.17) is 5.73 Å². The molecule has 0 unspecified atom stereocenters. The number of rotatable bonds is 2. The van der Waals surface area contributed by atoms with Gasteiger partial charge in [-0.05, 0) is 18.8 Å². The molecule has 5 heteroatoms. The van der Waals surface area contributed by atoms with E-state index in [9.17, 15) is 14.7 Å². The Morgan fingerprint density at radius 3 is 2.19 bits per heavy atom. The maximum atomic E-state index is 11.8. The second-order valence-electron chi connectivity index (χ2n) is 5.51. The summed E-state index contributed by atoms with van der Waals surface area (Å²) in [5.74, 6) is -1.25. The summed E-state index contributed by atoms with van der Waals surface area (Å²) in [6, 6.07) is -0.555. The normalized spacial score (nSPS) is 25.7. The summed E-state index contributed by atoms with van der Waals surface area (Å²) < 4.78 is 0. The van der Waals surface area contributed by atoms with Gasteiger partial charge in [-0.15, -0.1) is 0 Å². The molecule has 1 amide bonds. The van der Waals surface area contributed by atoms with Crippen molar-refractivity contribution < 1.29 is 14.7 Å². The highest BCUT2D eigenvalue weighted by atomic mass is 16.4. The van der Waals surface area contributed by atoms with Gasteiger partial charge in [-0.1, -0.05) is 20.8 Å². The topological polar surface area (TPSA) is 83.6 Å². The van der Waals surface area contributed by atoms with Gasteiger partial charge < -0.3 is 15.7 Å². The van der Waals surface area contributed by atoms with Crippen LogP contribution in [0, 0.1) is 5.41 Å². The molecule has 92 valence electrons. The van der Waals surface area contributed by atoms with Crippen molar-refractivity contribution in [3.8, 4) is 0 Å². The number of amides is 1. The SMILES string of the molecule is CC(C)(C)[C@](C)(C(=O)O)N1CC[C@H](N)C1=O. The van der Waals surface area contributed by atoms with E-state index in [1.54, 1.807) is 6.92 Å². The average Bonchev–Trinajstić information content (AvgIpc) is 2.44. The first-order valence-corrected chi connectivity index (χ1v) is 5.43. The first-order chi connectivity index (χ1) is 7.12. The maximum absolute atomic E-state index is 11.8. The van der Waals surface area contributed by atoms with Gasteiger partial charge in [-0.2, -0.15) is 0 Å². The fourth-order valence-corrected chi connectivity index (χ4v) is 1.99.